The molecule has 0 aromatic carbocycles. The van der Waals surface area contributed by atoms with Crippen LogP contribution in [0.1, 0.15) is 51.4 Å². The van der Waals surface area contributed by atoms with E-state index in [1.807, 2.05) is 0 Å². The molecule has 0 bridgehead atoms. The van der Waals surface area contributed by atoms with Crippen LogP contribution in [0.5, 0.6) is 0 Å². The lowest BCUT2D eigenvalue weighted by atomic mass is 10.2. The monoisotopic (exact) mass is 430 g/mol. The van der Waals surface area contributed by atoms with Gasteiger partial charge in [-0.25, -0.2) is 0 Å². The molecule has 0 aromatic heterocycles. The number of aliphatic carboxylic acids is 2. The maximum absolute atomic E-state index is 11.5. The minimum Gasteiger partial charge on any atom is -0.481 e. The fourth-order valence-electron chi connectivity index (χ4n) is 2.16. The lowest BCUT2D eigenvalue weighted by Gasteiger charge is -2.08. The number of amides is 4. The van der Waals surface area contributed by atoms with Crippen molar-refractivity contribution in [2.75, 3.05) is 26.2 Å². The van der Waals surface area contributed by atoms with E-state index in [0.29, 0.717) is 13.1 Å². The Morgan fingerprint density at radius 1 is 0.467 bits per heavy atom. The molecular weight excluding hydrogens is 400 g/mol. The Morgan fingerprint density at radius 3 is 1.17 bits per heavy atom. The Morgan fingerprint density at radius 2 is 0.833 bits per heavy atom. The summed E-state index contributed by atoms with van der Waals surface area (Å²) in [5.74, 6) is -3.83. The lowest BCUT2D eigenvalue weighted by molar-refractivity contribution is -0.139. The number of rotatable bonds is 17. The van der Waals surface area contributed by atoms with Crippen molar-refractivity contribution < 1.29 is 39.0 Å². The fraction of sp³-hybridized carbons (Fsp3) is 0.667. The van der Waals surface area contributed by atoms with Gasteiger partial charge in [-0.05, 0) is 12.8 Å². The van der Waals surface area contributed by atoms with Crippen molar-refractivity contribution in [2.45, 2.75) is 51.4 Å². The van der Waals surface area contributed by atoms with Crippen LogP contribution in [0.25, 0.3) is 0 Å². The molecule has 12 heteroatoms. The van der Waals surface area contributed by atoms with Gasteiger partial charge in [-0.1, -0.05) is 12.8 Å². The summed E-state index contributed by atoms with van der Waals surface area (Å²) in [5, 5.41) is 26.9. The Kier molecular flexibility index (Phi) is 15.0. The molecule has 4 amide bonds. The summed E-state index contributed by atoms with van der Waals surface area (Å²) in [5.41, 5.74) is 0. The van der Waals surface area contributed by atoms with Gasteiger partial charge in [0.05, 0.1) is 25.9 Å². The van der Waals surface area contributed by atoms with Crippen LogP contribution in [0.2, 0.25) is 0 Å². The molecule has 170 valence electrons. The third kappa shape index (κ3) is 18.2. The highest BCUT2D eigenvalue weighted by molar-refractivity contribution is 5.86. The summed E-state index contributed by atoms with van der Waals surface area (Å²) in [6.07, 6.45) is 2.20. The highest BCUT2D eigenvalue weighted by Crippen LogP contribution is 1.97. The predicted octanol–water partition coefficient (Wildman–Crippen LogP) is -1.26. The van der Waals surface area contributed by atoms with Crippen LogP contribution in [-0.2, 0) is 28.8 Å². The molecule has 0 saturated heterocycles. The fourth-order valence-corrected chi connectivity index (χ4v) is 2.16. The van der Waals surface area contributed by atoms with E-state index in [2.05, 4.69) is 21.3 Å². The van der Waals surface area contributed by atoms with E-state index in [4.69, 9.17) is 10.2 Å². The van der Waals surface area contributed by atoms with Gasteiger partial charge >= 0.3 is 11.9 Å². The van der Waals surface area contributed by atoms with E-state index >= 15 is 0 Å². The van der Waals surface area contributed by atoms with Gasteiger partial charge < -0.3 is 31.5 Å². The van der Waals surface area contributed by atoms with Crippen LogP contribution in [-0.4, -0.2) is 72.0 Å². The van der Waals surface area contributed by atoms with Crippen molar-refractivity contribution in [1.29, 1.82) is 0 Å². The smallest absolute Gasteiger partial charge is 0.303 e. The number of hydrogen-bond donors (Lipinski definition) is 6. The van der Waals surface area contributed by atoms with Gasteiger partial charge in [-0.3, -0.25) is 28.8 Å². The number of carbonyl (C=O) groups is 6. The highest BCUT2D eigenvalue weighted by Gasteiger charge is 2.08. The van der Waals surface area contributed by atoms with Gasteiger partial charge in [-0.15, -0.1) is 0 Å². The Hall–Kier alpha value is -3.18. The molecule has 0 aromatic rings. The third-order valence-electron chi connectivity index (χ3n) is 3.77. The number of unbranched alkanes of at least 4 members (excludes halogenated alkanes) is 3. The van der Waals surface area contributed by atoms with Crippen molar-refractivity contribution in [3.8, 4) is 0 Å². The van der Waals surface area contributed by atoms with E-state index in [9.17, 15) is 28.8 Å². The first-order chi connectivity index (χ1) is 14.2. The molecule has 0 rings (SSSR count). The molecule has 0 fully saturated rings. The first-order valence-corrected chi connectivity index (χ1v) is 9.71. The Labute approximate surface area is 174 Å². The number of hydrogen-bond acceptors (Lipinski definition) is 6. The molecule has 0 heterocycles. The maximum atomic E-state index is 11.5. The maximum Gasteiger partial charge on any atom is 0.303 e. The molecule has 0 saturated carbocycles. The van der Waals surface area contributed by atoms with Gasteiger partial charge in [0.15, 0.2) is 0 Å². The first-order valence-electron chi connectivity index (χ1n) is 9.71. The van der Waals surface area contributed by atoms with Crippen LogP contribution >= 0.6 is 0 Å². The molecule has 0 aliphatic carbocycles. The molecule has 30 heavy (non-hydrogen) atoms. The Bertz CT molecular complexity index is 557. The summed E-state index contributed by atoms with van der Waals surface area (Å²) in [7, 11) is 0. The van der Waals surface area contributed by atoms with Crippen molar-refractivity contribution >= 4 is 35.6 Å². The normalized spacial score (nSPS) is 10.0. The summed E-state index contributed by atoms with van der Waals surface area (Å²) in [4.78, 5) is 66.3. The summed E-state index contributed by atoms with van der Waals surface area (Å²) < 4.78 is 0. The van der Waals surface area contributed by atoms with Crippen molar-refractivity contribution in [1.82, 2.24) is 21.3 Å². The molecule has 0 atom stereocenters. The van der Waals surface area contributed by atoms with Crippen molar-refractivity contribution in [3.05, 3.63) is 0 Å². The van der Waals surface area contributed by atoms with Gasteiger partial charge in [0, 0.05) is 25.9 Å². The second-order valence-corrected chi connectivity index (χ2v) is 6.46. The van der Waals surface area contributed by atoms with Crippen LogP contribution < -0.4 is 21.3 Å². The molecule has 0 aliphatic rings. The van der Waals surface area contributed by atoms with E-state index in [0.717, 1.165) is 25.7 Å². The lowest BCUT2D eigenvalue weighted by Crippen LogP contribution is -2.37. The standard InChI is InChI=1S/C18H30N4O8/c23-13(5-7-17(27)28)21-11-15(25)19-9-3-1-2-4-10-20-16(26)12-22-14(24)6-8-18(29)30/h1-12H2,(H,19,25)(H,20,26)(H,21,23)(H,22,24)(H,27,28)(H,29,30). The van der Waals surface area contributed by atoms with Gasteiger partial charge in [0.25, 0.3) is 0 Å². The minimum atomic E-state index is -1.08. The van der Waals surface area contributed by atoms with Crippen molar-refractivity contribution in [3.63, 3.8) is 0 Å². The minimum absolute atomic E-state index is 0.170. The van der Waals surface area contributed by atoms with Gasteiger partial charge in [0.1, 0.15) is 0 Å². The van der Waals surface area contributed by atoms with Crippen LogP contribution in [0.15, 0.2) is 0 Å². The molecule has 6 N–H and O–H groups in total. The second kappa shape index (κ2) is 16.7. The zero-order valence-corrected chi connectivity index (χ0v) is 16.8. The average molecular weight is 430 g/mol. The summed E-state index contributed by atoms with van der Waals surface area (Å²) in [6.45, 7) is 0.492. The number of carbonyl (C=O) groups excluding carboxylic acids is 4. The molecule has 0 unspecified atom stereocenters. The molecular formula is C18H30N4O8. The average Bonchev–Trinajstić information content (AvgIpc) is 2.69. The van der Waals surface area contributed by atoms with Crippen LogP contribution in [0, 0.1) is 0 Å². The van der Waals surface area contributed by atoms with Gasteiger partial charge in [0.2, 0.25) is 23.6 Å². The quantitative estimate of drug-likeness (QED) is 0.154. The largest absolute Gasteiger partial charge is 0.481 e. The second-order valence-electron chi connectivity index (χ2n) is 6.46. The zero-order chi connectivity index (χ0) is 22.8. The molecule has 0 radical (unpaired) electrons. The number of carboxylic acids is 2. The Balaban J connectivity index is 3.52. The van der Waals surface area contributed by atoms with Crippen LogP contribution in [0.4, 0.5) is 0 Å². The molecule has 12 nitrogen and oxygen atoms in total. The third-order valence-corrected chi connectivity index (χ3v) is 3.77. The van der Waals surface area contributed by atoms with Crippen LogP contribution in [0.3, 0.4) is 0 Å². The van der Waals surface area contributed by atoms with E-state index in [1.54, 1.807) is 0 Å². The number of nitrogens with one attached hydrogen (secondary N) is 4. The SMILES string of the molecule is O=C(O)CCC(=O)NCC(=O)NCCCCCCNC(=O)CNC(=O)CCC(=O)O. The predicted molar refractivity (Wildman–Crippen MR) is 104 cm³/mol. The topological polar surface area (TPSA) is 191 Å². The molecule has 0 aliphatic heterocycles. The van der Waals surface area contributed by atoms with E-state index in [-0.39, 0.29) is 50.6 Å². The van der Waals surface area contributed by atoms with E-state index < -0.39 is 23.8 Å². The number of carboxylic acid groups (broad SMARTS) is 2. The highest BCUT2D eigenvalue weighted by atomic mass is 16.4. The van der Waals surface area contributed by atoms with Crippen molar-refractivity contribution in [2.24, 2.45) is 0 Å². The van der Waals surface area contributed by atoms with E-state index in [1.165, 1.54) is 0 Å². The zero-order valence-electron chi connectivity index (χ0n) is 16.8. The molecule has 0 spiro atoms. The van der Waals surface area contributed by atoms with Gasteiger partial charge in [-0.2, -0.15) is 0 Å². The first kappa shape index (κ1) is 26.8. The summed E-state index contributed by atoms with van der Waals surface area (Å²) >= 11 is 0. The summed E-state index contributed by atoms with van der Waals surface area (Å²) in [6, 6.07) is 0.